The fourth-order valence-corrected chi connectivity index (χ4v) is 1.92. The van der Waals surface area contributed by atoms with Crippen molar-refractivity contribution in [3.05, 3.63) is 35.4 Å². The van der Waals surface area contributed by atoms with E-state index in [1.165, 1.54) is 11.1 Å². The van der Waals surface area contributed by atoms with E-state index in [4.69, 9.17) is 11.6 Å². The number of alkyl halides is 1. The molecule has 0 aliphatic carbocycles. The second-order valence-corrected chi connectivity index (χ2v) is 6.81. The van der Waals surface area contributed by atoms with Gasteiger partial charge in [-0.3, -0.25) is 0 Å². The van der Waals surface area contributed by atoms with Crippen molar-refractivity contribution >= 4 is 11.6 Å². The number of hydrogen-bond donors (Lipinski definition) is 0. The Morgan fingerprint density at radius 1 is 1.06 bits per heavy atom. The van der Waals surface area contributed by atoms with E-state index in [1.54, 1.807) is 0 Å². The van der Waals surface area contributed by atoms with Crippen LogP contribution in [0.15, 0.2) is 24.3 Å². The number of hydrogen-bond acceptors (Lipinski definition) is 0. The van der Waals surface area contributed by atoms with E-state index in [-0.39, 0.29) is 10.8 Å². The minimum atomic E-state index is 0.242. The van der Waals surface area contributed by atoms with Gasteiger partial charge >= 0.3 is 0 Å². The molecular formula is C16H25Cl. The molecule has 0 heterocycles. The largest absolute Gasteiger partial charge is 0.123 e. The fraction of sp³-hybridized carbons (Fsp3) is 0.625. The van der Waals surface area contributed by atoms with Crippen LogP contribution in [0, 0.1) is 5.92 Å². The lowest BCUT2D eigenvalue weighted by Crippen LogP contribution is -2.11. The lowest BCUT2D eigenvalue weighted by molar-refractivity contribution is 0.564. The van der Waals surface area contributed by atoms with Crippen LogP contribution in [-0.4, -0.2) is 5.38 Å². The summed E-state index contributed by atoms with van der Waals surface area (Å²) in [6, 6.07) is 8.97. The zero-order valence-electron chi connectivity index (χ0n) is 11.8. The van der Waals surface area contributed by atoms with Gasteiger partial charge in [0.25, 0.3) is 0 Å². The van der Waals surface area contributed by atoms with Gasteiger partial charge in [-0.15, -0.1) is 11.6 Å². The third-order valence-electron chi connectivity index (χ3n) is 3.25. The predicted molar refractivity (Wildman–Crippen MR) is 77.9 cm³/mol. The highest BCUT2D eigenvalue weighted by Crippen LogP contribution is 2.23. The normalized spacial score (nSPS) is 14.1. The molecule has 1 atom stereocenters. The first-order valence-corrected chi connectivity index (χ1v) is 6.98. The van der Waals surface area contributed by atoms with E-state index in [0.29, 0.717) is 5.92 Å². The third-order valence-corrected chi connectivity index (χ3v) is 3.97. The SMILES string of the molecule is CC(C)C(Cl)CCc1ccc(C(C)(C)C)cc1. The molecule has 0 aliphatic rings. The lowest BCUT2D eigenvalue weighted by atomic mass is 9.86. The minimum Gasteiger partial charge on any atom is -0.123 e. The van der Waals surface area contributed by atoms with Crippen molar-refractivity contribution < 1.29 is 0 Å². The van der Waals surface area contributed by atoms with Crippen LogP contribution >= 0.6 is 11.6 Å². The molecule has 0 N–H and O–H groups in total. The topological polar surface area (TPSA) is 0 Å². The van der Waals surface area contributed by atoms with Gasteiger partial charge in [0, 0.05) is 5.38 Å². The van der Waals surface area contributed by atoms with Crippen molar-refractivity contribution in [3.8, 4) is 0 Å². The van der Waals surface area contributed by atoms with E-state index in [1.807, 2.05) is 0 Å². The highest BCUT2D eigenvalue weighted by Gasteiger charge is 2.13. The summed E-state index contributed by atoms with van der Waals surface area (Å²) >= 11 is 6.27. The Bertz CT molecular complexity index is 330. The second kappa shape index (κ2) is 5.91. The summed E-state index contributed by atoms with van der Waals surface area (Å²) in [6.07, 6.45) is 2.14. The van der Waals surface area contributed by atoms with Gasteiger partial charge in [0.05, 0.1) is 0 Å². The molecule has 0 saturated heterocycles. The Kier molecular flexibility index (Phi) is 5.06. The zero-order valence-corrected chi connectivity index (χ0v) is 12.5. The van der Waals surface area contributed by atoms with Crippen molar-refractivity contribution in [2.24, 2.45) is 5.92 Å². The Morgan fingerprint density at radius 2 is 1.59 bits per heavy atom. The summed E-state index contributed by atoms with van der Waals surface area (Å²) in [5.74, 6) is 0.561. The summed E-state index contributed by atoms with van der Waals surface area (Å²) in [5.41, 5.74) is 3.03. The first-order chi connectivity index (χ1) is 7.80. The van der Waals surface area contributed by atoms with Crippen LogP contribution < -0.4 is 0 Å². The van der Waals surface area contributed by atoms with E-state index < -0.39 is 0 Å². The zero-order chi connectivity index (χ0) is 13.1. The molecular weight excluding hydrogens is 228 g/mol. The molecule has 0 amide bonds. The van der Waals surface area contributed by atoms with Gasteiger partial charge in [-0.2, -0.15) is 0 Å². The van der Waals surface area contributed by atoms with Crippen molar-refractivity contribution in [3.63, 3.8) is 0 Å². The molecule has 17 heavy (non-hydrogen) atoms. The van der Waals surface area contributed by atoms with Gasteiger partial charge in [0.1, 0.15) is 0 Å². The Balaban J connectivity index is 2.57. The van der Waals surface area contributed by atoms with Gasteiger partial charge in [-0.25, -0.2) is 0 Å². The van der Waals surface area contributed by atoms with E-state index in [2.05, 4.69) is 58.9 Å². The van der Waals surface area contributed by atoms with Gasteiger partial charge in [-0.05, 0) is 35.3 Å². The van der Waals surface area contributed by atoms with Gasteiger partial charge < -0.3 is 0 Å². The molecule has 0 aliphatic heterocycles. The number of rotatable bonds is 4. The van der Waals surface area contributed by atoms with Gasteiger partial charge in [0.15, 0.2) is 0 Å². The highest BCUT2D eigenvalue weighted by atomic mass is 35.5. The summed E-state index contributed by atoms with van der Waals surface area (Å²) in [6.45, 7) is 11.1. The van der Waals surface area contributed by atoms with Crippen LogP contribution in [0.4, 0.5) is 0 Å². The first-order valence-electron chi connectivity index (χ1n) is 6.54. The van der Waals surface area contributed by atoms with Crippen molar-refractivity contribution in [2.45, 2.75) is 58.3 Å². The molecule has 0 saturated carbocycles. The van der Waals surface area contributed by atoms with Crippen LogP contribution in [0.1, 0.15) is 52.2 Å². The Hall–Kier alpha value is -0.490. The maximum atomic E-state index is 6.27. The molecule has 96 valence electrons. The molecule has 1 aromatic rings. The van der Waals surface area contributed by atoms with Crippen LogP contribution in [0.3, 0.4) is 0 Å². The average molecular weight is 253 g/mol. The molecule has 1 unspecified atom stereocenters. The maximum absolute atomic E-state index is 6.27. The fourth-order valence-electron chi connectivity index (χ4n) is 1.81. The monoisotopic (exact) mass is 252 g/mol. The smallest absolute Gasteiger partial charge is 0.0362 e. The second-order valence-electron chi connectivity index (χ2n) is 6.25. The van der Waals surface area contributed by atoms with Crippen LogP contribution in [0.25, 0.3) is 0 Å². The maximum Gasteiger partial charge on any atom is 0.0362 e. The minimum absolute atomic E-state index is 0.242. The Morgan fingerprint density at radius 3 is 2.00 bits per heavy atom. The van der Waals surface area contributed by atoms with Crippen LogP contribution in [-0.2, 0) is 11.8 Å². The number of aryl methyl sites for hydroxylation is 1. The molecule has 0 bridgehead atoms. The lowest BCUT2D eigenvalue weighted by Gasteiger charge is -2.19. The molecule has 1 heteroatoms. The summed E-state index contributed by atoms with van der Waals surface area (Å²) < 4.78 is 0. The molecule has 1 rings (SSSR count). The van der Waals surface area contributed by atoms with E-state index >= 15 is 0 Å². The molecule has 0 nitrogen and oxygen atoms in total. The van der Waals surface area contributed by atoms with E-state index in [0.717, 1.165) is 12.8 Å². The standard InChI is InChI=1S/C16H25Cl/c1-12(2)15(17)11-8-13-6-9-14(10-7-13)16(3,4)5/h6-7,9-10,12,15H,8,11H2,1-5H3. The summed E-state index contributed by atoms with van der Waals surface area (Å²) in [7, 11) is 0. The molecule has 0 spiro atoms. The third kappa shape index (κ3) is 4.71. The van der Waals surface area contributed by atoms with Crippen LogP contribution in [0.2, 0.25) is 0 Å². The Labute approximate surface area is 111 Å². The van der Waals surface area contributed by atoms with Crippen molar-refractivity contribution in [1.29, 1.82) is 0 Å². The van der Waals surface area contributed by atoms with Crippen molar-refractivity contribution in [1.82, 2.24) is 0 Å². The summed E-state index contributed by atoms with van der Waals surface area (Å²) in [4.78, 5) is 0. The van der Waals surface area contributed by atoms with Crippen molar-refractivity contribution in [2.75, 3.05) is 0 Å². The average Bonchev–Trinajstić information content (AvgIpc) is 2.25. The van der Waals surface area contributed by atoms with E-state index in [9.17, 15) is 0 Å². The quantitative estimate of drug-likeness (QED) is 0.648. The van der Waals surface area contributed by atoms with Gasteiger partial charge in [-0.1, -0.05) is 58.9 Å². The molecule has 0 radical (unpaired) electrons. The number of benzene rings is 1. The molecule has 1 aromatic carbocycles. The molecule has 0 aromatic heterocycles. The van der Waals surface area contributed by atoms with Gasteiger partial charge in [0.2, 0.25) is 0 Å². The van der Waals surface area contributed by atoms with Crippen LogP contribution in [0.5, 0.6) is 0 Å². The highest BCUT2D eigenvalue weighted by molar-refractivity contribution is 6.20. The molecule has 0 fully saturated rings. The first kappa shape index (κ1) is 14.6. The summed E-state index contributed by atoms with van der Waals surface area (Å²) in [5, 5.41) is 0.289. The predicted octanol–water partition coefficient (Wildman–Crippen LogP) is 5.18. The number of halogens is 1.